The van der Waals surface area contributed by atoms with E-state index in [1.807, 2.05) is 68.4 Å². The second kappa shape index (κ2) is 6.97. The smallest absolute Gasteiger partial charge is 0.252 e. The van der Waals surface area contributed by atoms with Crippen LogP contribution < -0.4 is 15.5 Å². The zero-order valence-corrected chi connectivity index (χ0v) is 14.6. The van der Waals surface area contributed by atoms with E-state index in [4.69, 9.17) is 0 Å². The number of carbonyl (C=O) groups is 2. The molecular formula is C20H23N3O2. The molecule has 2 N–H and O–H groups in total. The number of hydrogen-bond acceptors (Lipinski definition) is 3. The van der Waals surface area contributed by atoms with Gasteiger partial charge in [0.1, 0.15) is 12.1 Å². The lowest BCUT2D eigenvalue weighted by Gasteiger charge is -2.39. The Bertz CT molecular complexity index is 772. The van der Waals surface area contributed by atoms with Crippen molar-refractivity contribution in [1.29, 1.82) is 0 Å². The molecule has 1 aliphatic heterocycles. The summed E-state index contributed by atoms with van der Waals surface area (Å²) in [6, 6.07) is 17.6. The van der Waals surface area contributed by atoms with Crippen LogP contribution in [0.4, 0.5) is 11.4 Å². The molecule has 1 heterocycles. The number of carbonyl (C=O) groups excluding carboxylic acids is 2. The van der Waals surface area contributed by atoms with Crippen molar-refractivity contribution in [2.24, 2.45) is 0 Å². The highest BCUT2D eigenvalue weighted by atomic mass is 16.2. The van der Waals surface area contributed by atoms with E-state index in [0.717, 1.165) is 17.8 Å². The fourth-order valence-corrected chi connectivity index (χ4v) is 3.00. The second-order valence-corrected chi connectivity index (χ2v) is 6.74. The van der Waals surface area contributed by atoms with Crippen LogP contribution >= 0.6 is 0 Å². The number of para-hydroxylation sites is 2. The molecule has 0 atom stereocenters. The number of anilines is 2. The first-order valence-electron chi connectivity index (χ1n) is 8.47. The molecule has 2 amide bonds. The highest BCUT2D eigenvalue weighted by molar-refractivity contribution is 6.09. The summed E-state index contributed by atoms with van der Waals surface area (Å²) in [6.07, 6.45) is 0.768. The van der Waals surface area contributed by atoms with Gasteiger partial charge < -0.3 is 10.6 Å². The lowest BCUT2D eigenvalue weighted by Crippen LogP contribution is -2.56. The molecule has 0 spiro atoms. The summed E-state index contributed by atoms with van der Waals surface area (Å²) >= 11 is 0. The van der Waals surface area contributed by atoms with Crippen LogP contribution in [0.2, 0.25) is 0 Å². The summed E-state index contributed by atoms with van der Waals surface area (Å²) in [6.45, 7) is 4.22. The van der Waals surface area contributed by atoms with Crippen LogP contribution in [-0.2, 0) is 16.0 Å². The van der Waals surface area contributed by atoms with Gasteiger partial charge in [0.05, 0.1) is 11.4 Å². The van der Waals surface area contributed by atoms with Crippen LogP contribution in [0.1, 0.15) is 19.4 Å². The van der Waals surface area contributed by atoms with Crippen molar-refractivity contribution < 1.29 is 9.59 Å². The molecular weight excluding hydrogens is 314 g/mol. The predicted octanol–water partition coefficient (Wildman–Crippen LogP) is 2.58. The van der Waals surface area contributed by atoms with Crippen molar-refractivity contribution in [2.75, 3.05) is 23.3 Å². The number of hydrogen-bond donors (Lipinski definition) is 2. The minimum absolute atomic E-state index is 0.0236. The summed E-state index contributed by atoms with van der Waals surface area (Å²) in [5.41, 5.74) is 2.04. The third-order valence-electron chi connectivity index (χ3n) is 4.30. The standard InChI is InChI=1S/C20H23N3O2/c1-20(2)19(25)23(17-11-7-6-10-16(17)22-20)14-18(24)21-13-12-15-8-4-3-5-9-15/h3-11,22H,12-14H2,1-2H3,(H,21,24). The van der Waals surface area contributed by atoms with Crippen LogP contribution in [-0.4, -0.2) is 30.4 Å². The van der Waals surface area contributed by atoms with Gasteiger partial charge in [-0.15, -0.1) is 0 Å². The molecule has 0 radical (unpaired) electrons. The van der Waals surface area contributed by atoms with Crippen molar-refractivity contribution in [2.45, 2.75) is 25.8 Å². The van der Waals surface area contributed by atoms with Crippen molar-refractivity contribution in [1.82, 2.24) is 5.32 Å². The van der Waals surface area contributed by atoms with Gasteiger partial charge in [-0.05, 0) is 38.0 Å². The van der Waals surface area contributed by atoms with Gasteiger partial charge in [0.15, 0.2) is 0 Å². The Balaban J connectivity index is 1.64. The highest BCUT2D eigenvalue weighted by Gasteiger charge is 2.39. The Hall–Kier alpha value is -2.82. The first-order chi connectivity index (χ1) is 12.0. The monoisotopic (exact) mass is 337 g/mol. The molecule has 5 heteroatoms. The molecule has 1 aliphatic rings. The van der Waals surface area contributed by atoms with Gasteiger partial charge in [-0.1, -0.05) is 42.5 Å². The summed E-state index contributed by atoms with van der Waals surface area (Å²) in [5.74, 6) is -0.263. The zero-order chi connectivity index (χ0) is 17.9. The zero-order valence-electron chi connectivity index (χ0n) is 14.6. The molecule has 0 unspecified atom stereocenters. The number of nitrogens with zero attached hydrogens (tertiary/aromatic N) is 1. The molecule has 25 heavy (non-hydrogen) atoms. The van der Waals surface area contributed by atoms with Crippen LogP contribution in [0.5, 0.6) is 0 Å². The van der Waals surface area contributed by atoms with Crippen LogP contribution in [0, 0.1) is 0 Å². The molecule has 0 saturated heterocycles. The van der Waals surface area contributed by atoms with Gasteiger partial charge in [-0.3, -0.25) is 14.5 Å². The Labute approximate surface area is 148 Å². The average Bonchev–Trinajstić information content (AvgIpc) is 2.59. The van der Waals surface area contributed by atoms with Crippen LogP contribution in [0.25, 0.3) is 0 Å². The number of fused-ring (bicyclic) bond motifs is 1. The van der Waals surface area contributed by atoms with Gasteiger partial charge in [0.2, 0.25) is 5.91 Å². The normalized spacial score (nSPS) is 15.3. The predicted molar refractivity (Wildman–Crippen MR) is 99.7 cm³/mol. The van der Waals surface area contributed by atoms with Crippen molar-refractivity contribution in [3.63, 3.8) is 0 Å². The molecule has 5 nitrogen and oxygen atoms in total. The third kappa shape index (κ3) is 3.82. The Morgan fingerprint density at radius 2 is 1.76 bits per heavy atom. The average molecular weight is 337 g/mol. The molecule has 3 rings (SSSR count). The largest absolute Gasteiger partial charge is 0.370 e. The van der Waals surface area contributed by atoms with Gasteiger partial charge in [-0.25, -0.2) is 0 Å². The number of rotatable bonds is 5. The molecule has 2 aromatic carbocycles. The maximum Gasteiger partial charge on any atom is 0.252 e. The minimum atomic E-state index is -0.737. The lowest BCUT2D eigenvalue weighted by molar-refractivity contribution is -0.125. The Kier molecular flexibility index (Phi) is 4.74. The van der Waals surface area contributed by atoms with Gasteiger partial charge in [0.25, 0.3) is 5.91 Å². The molecule has 130 valence electrons. The molecule has 2 aromatic rings. The second-order valence-electron chi connectivity index (χ2n) is 6.74. The maximum absolute atomic E-state index is 12.7. The van der Waals surface area contributed by atoms with Crippen LogP contribution in [0.15, 0.2) is 54.6 Å². The quantitative estimate of drug-likeness (QED) is 0.881. The van der Waals surface area contributed by atoms with E-state index in [1.54, 1.807) is 4.90 Å². The number of amides is 2. The summed E-state index contributed by atoms with van der Waals surface area (Å²) in [5, 5.41) is 6.13. The first-order valence-corrected chi connectivity index (χ1v) is 8.47. The van der Waals surface area contributed by atoms with E-state index in [2.05, 4.69) is 10.6 Å². The summed E-state index contributed by atoms with van der Waals surface area (Å²) < 4.78 is 0. The van der Waals surface area contributed by atoms with Crippen molar-refractivity contribution in [3.05, 3.63) is 60.2 Å². The van der Waals surface area contributed by atoms with Gasteiger partial charge in [-0.2, -0.15) is 0 Å². The SMILES string of the molecule is CC1(C)Nc2ccccc2N(CC(=O)NCCc2ccccc2)C1=O. The fourth-order valence-electron chi connectivity index (χ4n) is 3.00. The topological polar surface area (TPSA) is 61.4 Å². The van der Waals surface area contributed by atoms with Crippen molar-refractivity contribution in [3.8, 4) is 0 Å². The minimum Gasteiger partial charge on any atom is -0.370 e. The number of nitrogens with one attached hydrogen (secondary N) is 2. The molecule has 0 aliphatic carbocycles. The maximum atomic E-state index is 12.7. The van der Waals surface area contributed by atoms with E-state index in [9.17, 15) is 9.59 Å². The number of benzene rings is 2. The summed E-state index contributed by atoms with van der Waals surface area (Å²) in [7, 11) is 0. The van der Waals surface area contributed by atoms with E-state index in [1.165, 1.54) is 5.56 Å². The van der Waals surface area contributed by atoms with E-state index in [-0.39, 0.29) is 18.4 Å². The van der Waals surface area contributed by atoms with Gasteiger partial charge in [0, 0.05) is 6.54 Å². The van der Waals surface area contributed by atoms with Gasteiger partial charge >= 0.3 is 0 Å². The van der Waals surface area contributed by atoms with E-state index in [0.29, 0.717) is 6.54 Å². The van der Waals surface area contributed by atoms with E-state index < -0.39 is 5.54 Å². The molecule has 0 aromatic heterocycles. The Morgan fingerprint density at radius 3 is 2.52 bits per heavy atom. The fraction of sp³-hybridized carbons (Fsp3) is 0.300. The Morgan fingerprint density at radius 1 is 1.08 bits per heavy atom. The third-order valence-corrected chi connectivity index (χ3v) is 4.30. The molecule has 0 bridgehead atoms. The van der Waals surface area contributed by atoms with E-state index >= 15 is 0 Å². The van der Waals surface area contributed by atoms with Crippen molar-refractivity contribution >= 4 is 23.2 Å². The lowest BCUT2D eigenvalue weighted by atomic mass is 9.98. The van der Waals surface area contributed by atoms with Crippen LogP contribution in [0.3, 0.4) is 0 Å². The first kappa shape index (κ1) is 17.0. The molecule has 0 fully saturated rings. The molecule has 0 saturated carbocycles. The highest BCUT2D eigenvalue weighted by Crippen LogP contribution is 2.34. The summed E-state index contributed by atoms with van der Waals surface area (Å²) in [4.78, 5) is 26.6.